The molecule has 0 unspecified atom stereocenters. The van der Waals surface area contributed by atoms with Crippen LogP contribution in [0.25, 0.3) is 0 Å². The number of rotatable bonds is 4. The Bertz CT molecular complexity index is 478. The molecule has 1 saturated carbocycles. The van der Waals surface area contributed by atoms with E-state index in [0.717, 1.165) is 6.07 Å². The topological polar surface area (TPSA) is 29.1 Å². The second-order valence-corrected chi connectivity index (χ2v) is 4.95. The normalized spacial score (nSPS) is 17.1. The third-order valence-corrected chi connectivity index (χ3v) is 3.60. The molecule has 1 N–H and O–H groups in total. The van der Waals surface area contributed by atoms with Gasteiger partial charge >= 0.3 is 6.18 Å². The average molecular weight is 271 g/mol. The molecule has 0 aromatic heterocycles. The zero-order valence-corrected chi connectivity index (χ0v) is 10.7. The minimum absolute atomic E-state index is 0.129. The van der Waals surface area contributed by atoms with Gasteiger partial charge in [-0.2, -0.15) is 13.2 Å². The third kappa shape index (κ3) is 2.91. The van der Waals surface area contributed by atoms with Gasteiger partial charge in [-0.3, -0.25) is 4.79 Å². The van der Waals surface area contributed by atoms with E-state index in [-0.39, 0.29) is 12.5 Å². The Morgan fingerprint density at radius 2 is 1.95 bits per heavy atom. The summed E-state index contributed by atoms with van der Waals surface area (Å²) >= 11 is 0. The summed E-state index contributed by atoms with van der Waals surface area (Å²) in [6, 6.07) is 5.64. The van der Waals surface area contributed by atoms with Crippen LogP contribution in [-0.4, -0.2) is 12.5 Å². The number of nitrogens with one attached hydrogen (secondary N) is 1. The Morgan fingerprint density at radius 1 is 1.32 bits per heavy atom. The lowest BCUT2D eigenvalue weighted by Gasteiger charge is -2.21. The lowest BCUT2D eigenvalue weighted by atomic mass is 9.91. The molecule has 1 amide bonds. The molecule has 0 bridgehead atoms. The van der Waals surface area contributed by atoms with E-state index in [4.69, 9.17) is 0 Å². The molecule has 0 atom stereocenters. The van der Waals surface area contributed by atoms with Gasteiger partial charge in [0.2, 0.25) is 5.91 Å². The monoisotopic (exact) mass is 271 g/mol. The molecule has 0 radical (unpaired) electrons. The summed E-state index contributed by atoms with van der Waals surface area (Å²) in [5.74, 6) is -0.129. The zero-order valence-electron chi connectivity index (χ0n) is 10.7. The Kier molecular flexibility index (Phi) is 3.56. The van der Waals surface area contributed by atoms with Crippen molar-refractivity contribution in [3.8, 4) is 0 Å². The Labute approximate surface area is 110 Å². The molecule has 0 saturated heterocycles. The molecule has 1 aliphatic rings. The first-order valence-electron chi connectivity index (χ1n) is 6.32. The number of hydrogen-bond acceptors (Lipinski definition) is 1. The average Bonchev–Trinajstić information content (AvgIpc) is 3.16. The zero-order chi connectivity index (χ0) is 14.1. The first-order valence-corrected chi connectivity index (χ1v) is 6.32. The first kappa shape index (κ1) is 13.9. The number of alkyl halides is 3. The molecular formula is C14H16F3NO. The molecule has 1 aliphatic carbocycles. The maximum atomic E-state index is 13.0. The van der Waals surface area contributed by atoms with Crippen molar-refractivity contribution in [2.45, 2.75) is 37.8 Å². The Balaban J connectivity index is 2.24. The fraction of sp³-hybridized carbons (Fsp3) is 0.500. The number of hydrogen-bond donors (Lipinski definition) is 1. The number of carbonyl (C=O) groups is 1. The number of amides is 1. The van der Waals surface area contributed by atoms with E-state index in [9.17, 15) is 18.0 Å². The Morgan fingerprint density at radius 3 is 2.47 bits per heavy atom. The molecule has 0 aliphatic heterocycles. The summed E-state index contributed by atoms with van der Waals surface area (Å²) in [5, 5.41) is 2.71. The second-order valence-electron chi connectivity index (χ2n) is 4.95. The van der Waals surface area contributed by atoms with Gasteiger partial charge in [-0.25, -0.2) is 0 Å². The smallest absolute Gasteiger partial charge is 0.355 e. The fourth-order valence-electron chi connectivity index (χ4n) is 2.28. The van der Waals surface area contributed by atoms with Crippen LogP contribution in [0, 0.1) is 0 Å². The molecule has 2 nitrogen and oxygen atoms in total. The van der Waals surface area contributed by atoms with Gasteiger partial charge in [-0.1, -0.05) is 25.1 Å². The molecule has 19 heavy (non-hydrogen) atoms. The number of benzene rings is 1. The number of halogens is 3. The SMILES string of the molecule is CCC(=O)NCC1(c2ccccc2C(F)(F)F)CC1. The van der Waals surface area contributed by atoms with Crippen LogP contribution >= 0.6 is 0 Å². The summed E-state index contributed by atoms with van der Waals surface area (Å²) in [6.07, 6.45) is -2.63. The van der Waals surface area contributed by atoms with E-state index in [1.54, 1.807) is 13.0 Å². The number of carbonyl (C=O) groups excluding carboxylic acids is 1. The van der Waals surface area contributed by atoms with E-state index < -0.39 is 17.2 Å². The molecule has 2 rings (SSSR count). The molecule has 0 spiro atoms. The summed E-state index contributed by atoms with van der Waals surface area (Å²) in [7, 11) is 0. The largest absolute Gasteiger partial charge is 0.416 e. The van der Waals surface area contributed by atoms with Crippen LogP contribution in [-0.2, 0) is 16.4 Å². The van der Waals surface area contributed by atoms with Crippen molar-refractivity contribution in [1.82, 2.24) is 5.32 Å². The van der Waals surface area contributed by atoms with Crippen LogP contribution in [0.2, 0.25) is 0 Å². The molecule has 5 heteroatoms. The Hall–Kier alpha value is -1.52. The van der Waals surface area contributed by atoms with Gasteiger partial charge in [0.25, 0.3) is 0 Å². The van der Waals surface area contributed by atoms with Crippen molar-refractivity contribution in [2.75, 3.05) is 6.54 Å². The second kappa shape index (κ2) is 4.87. The summed E-state index contributed by atoms with van der Waals surface area (Å²) in [5.41, 5.74) is -0.811. The fourth-order valence-corrected chi connectivity index (χ4v) is 2.28. The highest BCUT2D eigenvalue weighted by atomic mass is 19.4. The highest BCUT2D eigenvalue weighted by Crippen LogP contribution is 2.51. The molecule has 1 aromatic rings. The van der Waals surface area contributed by atoms with E-state index in [2.05, 4.69) is 5.32 Å². The predicted molar refractivity (Wildman–Crippen MR) is 65.7 cm³/mol. The van der Waals surface area contributed by atoms with Crippen LogP contribution in [0.1, 0.15) is 37.3 Å². The van der Waals surface area contributed by atoms with E-state index in [1.165, 1.54) is 12.1 Å². The van der Waals surface area contributed by atoms with Crippen molar-refractivity contribution in [3.63, 3.8) is 0 Å². The maximum Gasteiger partial charge on any atom is 0.416 e. The van der Waals surface area contributed by atoms with Gasteiger partial charge in [0.15, 0.2) is 0 Å². The third-order valence-electron chi connectivity index (χ3n) is 3.60. The minimum atomic E-state index is -4.35. The van der Waals surface area contributed by atoms with Crippen molar-refractivity contribution in [3.05, 3.63) is 35.4 Å². The predicted octanol–water partition coefficient (Wildman–Crippen LogP) is 3.26. The van der Waals surface area contributed by atoms with Gasteiger partial charge in [0.1, 0.15) is 0 Å². The molecule has 1 aromatic carbocycles. The van der Waals surface area contributed by atoms with Crippen molar-refractivity contribution in [1.29, 1.82) is 0 Å². The quantitative estimate of drug-likeness (QED) is 0.894. The highest BCUT2D eigenvalue weighted by molar-refractivity contribution is 5.75. The van der Waals surface area contributed by atoms with Gasteiger partial charge in [-0.15, -0.1) is 0 Å². The van der Waals surface area contributed by atoms with Crippen LogP contribution < -0.4 is 5.32 Å². The van der Waals surface area contributed by atoms with Crippen LogP contribution in [0.3, 0.4) is 0 Å². The summed E-state index contributed by atoms with van der Waals surface area (Å²) < 4.78 is 39.0. The van der Waals surface area contributed by atoms with Crippen LogP contribution in [0.5, 0.6) is 0 Å². The van der Waals surface area contributed by atoms with Crippen molar-refractivity contribution < 1.29 is 18.0 Å². The van der Waals surface area contributed by atoms with E-state index >= 15 is 0 Å². The van der Waals surface area contributed by atoms with E-state index in [1.807, 2.05) is 0 Å². The molecular weight excluding hydrogens is 255 g/mol. The van der Waals surface area contributed by atoms with Gasteiger partial charge < -0.3 is 5.32 Å². The molecule has 1 fully saturated rings. The molecule has 0 heterocycles. The maximum absolute atomic E-state index is 13.0. The van der Waals surface area contributed by atoms with Crippen molar-refractivity contribution in [2.24, 2.45) is 0 Å². The summed E-state index contributed by atoms with van der Waals surface area (Å²) in [4.78, 5) is 11.3. The lowest BCUT2D eigenvalue weighted by Crippen LogP contribution is -2.32. The van der Waals surface area contributed by atoms with Gasteiger partial charge in [-0.05, 0) is 24.5 Å². The summed E-state index contributed by atoms with van der Waals surface area (Å²) in [6.45, 7) is 2.01. The highest BCUT2D eigenvalue weighted by Gasteiger charge is 2.49. The molecule has 104 valence electrons. The van der Waals surface area contributed by atoms with Crippen LogP contribution in [0.15, 0.2) is 24.3 Å². The minimum Gasteiger partial charge on any atom is -0.355 e. The van der Waals surface area contributed by atoms with Gasteiger partial charge in [0, 0.05) is 18.4 Å². The van der Waals surface area contributed by atoms with Crippen LogP contribution in [0.4, 0.5) is 13.2 Å². The van der Waals surface area contributed by atoms with E-state index in [0.29, 0.717) is 24.8 Å². The van der Waals surface area contributed by atoms with Gasteiger partial charge in [0.05, 0.1) is 5.56 Å². The van der Waals surface area contributed by atoms with Crippen molar-refractivity contribution >= 4 is 5.91 Å². The first-order chi connectivity index (χ1) is 8.89. The standard InChI is InChI=1S/C14H16F3NO/c1-2-12(19)18-9-13(7-8-13)10-5-3-4-6-11(10)14(15,16)17/h3-6H,2,7-9H2,1H3,(H,18,19). The lowest BCUT2D eigenvalue weighted by molar-refractivity contribution is -0.138.